The molecule has 0 spiro atoms. The first-order valence-corrected chi connectivity index (χ1v) is 5.86. The molecule has 0 radical (unpaired) electrons. The molecule has 20 heavy (non-hydrogen) atoms. The van der Waals surface area contributed by atoms with Crippen LogP contribution in [0.15, 0.2) is 30.6 Å². The molecule has 5 nitrogen and oxygen atoms in total. The molecule has 2 rings (SSSR count). The summed E-state index contributed by atoms with van der Waals surface area (Å²) in [5.41, 5.74) is 6.13. The van der Waals surface area contributed by atoms with Gasteiger partial charge in [0.1, 0.15) is 0 Å². The standard InChI is InChI=1S/C13H12F2N4O/c14-9-2-1-8(7-10(9)15)3-4-19-13(20)11-12(16)18-6-5-17-11/h1-2,5-7H,3-4H2,(H2,16,18)(H,19,20). The molecule has 0 aliphatic rings. The van der Waals surface area contributed by atoms with E-state index in [1.165, 1.54) is 18.5 Å². The van der Waals surface area contributed by atoms with Crippen LogP contribution in [0, 0.1) is 11.6 Å². The highest BCUT2D eigenvalue weighted by Gasteiger charge is 2.11. The minimum Gasteiger partial charge on any atom is -0.382 e. The highest BCUT2D eigenvalue weighted by atomic mass is 19.2. The molecule has 0 unspecified atom stereocenters. The number of nitrogen functional groups attached to an aromatic ring is 1. The molecule has 1 heterocycles. The Morgan fingerprint density at radius 2 is 1.95 bits per heavy atom. The number of nitrogens with two attached hydrogens (primary N) is 1. The van der Waals surface area contributed by atoms with E-state index in [-0.39, 0.29) is 18.1 Å². The van der Waals surface area contributed by atoms with Crippen molar-refractivity contribution in [3.05, 3.63) is 53.5 Å². The SMILES string of the molecule is Nc1nccnc1C(=O)NCCc1ccc(F)c(F)c1. The number of rotatable bonds is 4. The Morgan fingerprint density at radius 3 is 2.65 bits per heavy atom. The summed E-state index contributed by atoms with van der Waals surface area (Å²) < 4.78 is 25.7. The lowest BCUT2D eigenvalue weighted by Crippen LogP contribution is -2.27. The molecule has 0 atom stereocenters. The number of amides is 1. The van der Waals surface area contributed by atoms with Gasteiger partial charge in [-0.05, 0) is 24.1 Å². The molecule has 0 bridgehead atoms. The van der Waals surface area contributed by atoms with Crippen LogP contribution >= 0.6 is 0 Å². The number of nitrogens with one attached hydrogen (secondary N) is 1. The van der Waals surface area contributed by atoms with Crippen molar-refractivity contribution < 1.29 is 13.6 Å². The minimum atomic E-state index is -0.910. The summed E-state index contributed by atoms with van der Waals surface area (Å²) in [7, 11) is 0. The maximum atomic E-state index is 13.0. The first-order valence-electron chi connectivity index (χ1n) is 5.86. The van der Waals surface area contributed by atoms with Gasteiger partial charge in [0.2, 0.25) is 0 Å². The second-order valence-corrected chi connectivity index (χ2v) is 4.04. The van der Waals surface area contributed by atoms with Crippen molar-refractivity contribution in [2.24, 2.45) is 0 Å². The molecule has 0 saturated heterocycles. The monoisotopic (exact) mass is 278 g/mol. The molecule has 1 amide bonds. The Labute approximate surface area is 113 Å². The van der Waals surface area contributed by atoms with E-state index in [2.05, 4.69) is 15.3 Å². The van der Waals surface area contributed by atoms with Crippen molar-refractivity contribution in [1.29, 1.82) is 0 Å². The zero-order chi connectivity index (χ0) is 14.5. The smallest absolute Gasteiger partial charge is 0.273 e. The van der Waals surface area contributed by atoms with E-state index in [1.807, 2.05) is 0 Å². The largest absolute Gasteiger partial charge is 0.382 e. The van der Waals surface area contributed by atoms with Gasteiger partial charge in [-0.15, -0.1) is 0 Å². The molecule has 1 aromatic carbocycles. The third-order valence-electron chi connectivity index (χ3n) is 2.62. The molecular formula is C13H12F2N4O. The number of hydrogen-bond donors (Lipinski definition) is 2. The predicted molar refractivity (Wildman–Crippen MR) is 68.8 cm³/mol. The van der Waals surface area contributed by atoms with Crippen molar-refractivity contribution in [3.8, 4) is 0 Å². The molecule has 3 N–H and O–H groups in total. The lowest BCUT2D eigenvalue weighted by Gasteiger charge is -2.06. The van der Waals surface area contributed by atoms with Crippen LogP contribution in [0.4, 0.5) is 14.6 Å². The number of nitrogens with zero attached hydrogens (tertiary/aromatic N) is 2. The molecule has 0 aliphatic carbocycles. The molecular weight excluding hydrogens is 266 g/mol. The fourth-order valence-corrected chi connectivity index (χ4v) is 1.62. The van der Waals surface area contributed by atoms with E-state index in [4.69, 9.17) is 5.73 Å². The van der Waals surface area contributed by atoms with E-state index in [9.17, 15) is 13.6 Å². The number of benzene rings is 1. The fourth-order valence-electron chi connectivity index (χ4n) is 1.62. The van der Waals surface area contributed by atoms with Crippen molar-refractivity contribution >= 4 is 11.7 Å². The maximum Gasteiger partial charge on any atom is 0.273 e. The van der Waals surface area contributed by atoms with Crippen LogP contribution in [0.1, 0.15) is 16.1 Å². The van der Waals surface area contributed by atoms with Crippen LogP contribution in [-0.2, 0) is 6.42 Å². The van der Waals surface area contributed by atoms with Gasteiger partial charge >= 0.3 is 0 Å². The van der Waals surface area contributed by atoms with Crippen molar-refractivity contribution in [1.82, 2.24) is 15.3 Å². The summed E-state index contributed by atoms with van der Waals surface area (Å²) in [5, 5.41) is 2.58. The van der Waals surface area contributed by atoms with Crippen LogP contribution in [-0.4, -0.2) is 22.4 Å². The van der Waals surface area contributed by atoms with Crippen LogP contribution in [0.2, 0.25) is 0 Å². The summed E-state index contributed by atoms with van der Waals surface area (Å²) in [6, 6.07) is 3.60. The summed E-state index contributed by atoms with van der Waals surface area (Å²) >= 11 is 0. The van der Waals surface area contributed by atoms with Crippen LogP contribution < -0.4 is 11.1 Å². The number of carbonyl (C=O) groups is 1. The van der Waals surface area contributed by atoms with E-state index in [0.29, 0.717) is 12.0 Å². The van der Waals surface area contributed by atoms with Gasteiger partial charge in [0.15, 0.2) is 23.1 Å². The molecule has 104 valence electrons. The topological polar surface area (TPSA) is 80.9 Å². The Bertz CT molecular complexity index is 634. The van der Waals surface area contributed by atoms with E-state index in [1.54, 1.807) is 0 Å². The third-order valence-corrected chi connectivity index (χ3v) is 2.62. The normalized spacial score (nSPS) is 10.3. The second kappa shape index (κ2) is 6.05. The lowest BCUT2D eigenvalue weighted by atomic mass is 10.1. The van der Waals surface area contributed by atoms with Crippen molar-refractivity contribution in [2.75, 3.05) is 12.3 Å². The molecule has 1 aromatic heterocycles. The number of carbonyl (C=O) groups excluding carboxylic acids is 1. The van der Waals surface area contributed by atoms with Crippen LogP contribution in [0.5, 0.6) is 0 Å². The summed E-state index contributed by atoms with van der Waals surface area (Å²) in [6.07, 6.45) is 3.11. The quantitative estimate of drug-likeness (QED) is 0.883. The zero-order valence-corrected chi connectivity index (χ0v) is 10.4. The van der Waals surface area contributed by atoms with Crippen molar-refractivity contribution in [3.63, 3.8) is 0 Å². The fraction of sp³-hybridized carbons (Fsp3) is 0.154. The lowest BCUT2D eigenvalue weighted by molar-refractivity contribution is 0.0950. The maximum absolute atomic E-state index is 13.0. The van der Waals surface area contributed by atoms with E-state index in [0.717, 1.165) is 12.1 Å². The zero-order valence-electron chi connectivity index (χ0n) is 10.4. The number of aromatic nitrogens is 2. The summed E-state index contributed by atoms with van der Waals surface area (Å²) in [5.74, 6) is -2.23. The van der Waals surface area contributed by atoms with Gasteiger partial charge in [-0.2, -0.15) is 0 Å². The molecule has 2 aromatic rings. The first-order chi connectivity index (χ1) is 9.58. The Balaban J connectivity index is 1.91. The van der Waals surface area contributed by atoms with Gasteiger partial charge in [-0.1, -0.05) is 6.07 Å². The van der Waals surface area contributed by atoms with Crippen molar-refractivity contribution in [2.45, 2.75) is 6.42 Å². The molecule has 7 heteroatoms. The van der Waals surface area contributed by atoms with Crippen LogP contribution in [0.3, 0.4) is 0 Å². The Morgan fingerprint density at radius 1 is 1.20 bits per heavy atom. The third kappa shape index (κ3) is 3.25. The Kier molecular flexibility index (Phi) is 4.19. The molecule has 0 saturated carbocycles. The first kappa shape index (κ1) is 13.9. The number of hydrogen-bond acceptors (Lipinski definition) is 4. The van der Waals surface area contributed by atoms with Gasteiger partial charge < -0.3 is 11.1 Å². The van der Waals surface area contributed by atoms with Gasteiger partial charge in [-0.25, -0.2) is 18.7 Å². The van der Waals surface area contributed by atoms with E-state index >= 15 is 0 Å². The highest BCUT2D eigenvalue weighted by Crippen LogP contribution is 2.09. The van der Waals surface area contributed by atoms with Gasteiger partial charge in [-0.3, -0.25) is 4.79 Å². The number of anilines is 1. The molecule has 0 aliphatic heterocycles. The average molecular weight is 278 g/mol. The summed E-state index contributed by atoms with van der Waals surface area (Å²) in [4.78, 5) is 19.3. The highest BCUT2D eigenvalue weighted by molar-refractivity contribution is 5.96. The molecule has 0 fully saturated rings. The minimum absolute atomic E-state index is 0.0396. The Hall–Kier alpha value is -2.57. The average Bonchev–Trinajstić information content (AvgIpc) is 2.43. The second-order valence-electron chi connectivity index (χ2n) is 4.04. The number of halogens is 2. The van der Waals surface area contributed by atoms with E-state index < -0.39 is 17.5 Å². The predicted octanol–water partition coefficient (Wildman–Crippen LogP) is 1.31. The van der Waals surface area contributed by atoms with Crippen LogP contribution in [0.25, 0.3) is 0 Å². The van der Waals surface area contributed by atoms with Gasteiger partial charge in [0.25, 0.3) is 5.91 Å². The van der Waals surface area contributed by atoms with Gasteiger partial charge in [0.05, 0.1) is 0 Å². The van der Waals surface area contributed by atoms with Gasteiger partial charge in [0, 0.05) is 18.9 Å². The summed E-state index contributed by atoms with van der Waals surface area (Å²) in [6.45, 7) is 0.250.